The number of nitrogens with zero attached hydrogens (tertiary/aromatic N) is 4. The lowest BCUT2D eigenvalue weighted by molar-refractivity contribution is -0.0505. The first kappa shape index (κ1) is 20.9. The number of aliphatic imine (C=N–C) groups is 1. The van der Waals surface area contributed by atoms with Gasteiger partial charge in [0.05, 0.1) is 6.54 Å². The molecule has 0 amide bonds. The molecule has 148 valence electrons. The molecule has 2 heterocycles. The molecule has 0 unspecified atom stereocenters. The number of rotatable bonds is 6. The molecule has 1 aliphatic heterocycles. The zero-order valence-corrected chi connectivity index (χ0v) is 16.9. The minimum absolute atomic E-state index is 0. The van der Waals surface area contributed by atoms with Crippen LogP contribution in [-0.4, -0.2) is 41.2 Å². The highest BCUT2D eigenvalue weighted by molar-refractivity contribution is 14.0. The molecule has 12 heteroatoms. The lowest BCUT2D eigenvalue weighted by Gasteiger charge is -2.15. The molecule has 0 saturated heterocycles. The van der Waals surface area contributed by atoms with Crippen molar-refractivity contribution in [2.45, 2.75) is 19.7 Å². The van der Waals surface area contributed by atoms with Crippen molar-refractivity contribution in [3.63, 3.8) is 0 Å². The highest BCUT2D eigenvalue weighted by Crippen LogP contribution is 2.38. The Bertz CT molecular complexity index is 802. The fourth-order valence-electron chi connectivity index (χ4n) is 2.35. The Morgan fingerprint density at radius 1 is 1.30 bits per heavy atom. The van der Waals surface area contributed by atoms with Crippen LogP contribution in [0.4, 0.5) is 8.78 Å². The number of nitrogens with one attached hydrogen (secondary N) is 2. The maximum Gasteiger partial charge on any atom is 0.387 e. The maximum atomic E-state index is 12.7. The van der Waals surface area contributed by atoms with Gasteiger partial charge in [-0.1, -0.05) is 0 Å². The highest BCUT2D eigenvalue weighted by Gasteiger charge is 2.20. The van der Waals surface area contributed by atoms with Crippen molar-refractivity contribution in [1.82, 2.24) is 25.4 Å². The molecule has 0 bridgehead atoms. The molecule has 1 aliphatic rings. The van der Waals surface area contributed by atoms with Crippen LogP contribution in [0.5, 0.6) is 17.2 Å². The van der Waals surface area contributed by atoms with E-state index in [1.54, 1.807) is 24.8 Å². The SMILES string of the molecule is CN=C(NCc1cc2c(cc1OC(F)F)OCO2)NCc1ncnn1C.I. The van der Waals surface area contributed by atoms with Crippen LogP contribution in [0.15, 0.2) is 23.5 Å². The topological polar surface area (TPSA) is 94.8 Å². The number of hydrogen-bond acceptors (Lipinski definition) is 6. The summed E-state index contributed by atoms with van der Waals surface area (Å²) >= 11 is 0. The average Bonchev–Trinajstić information content (AvgIpc) is 3.22. The van der Waals surface area contributed by atoms with E-state index < -0.39 is 6.61 Å². The predicted octanol–water partition coefficient (Wildman–Crippen LogP) is 1.63. The number of guanidine groups is 1. The van der Waals surface area contributed by atoms with E-state index in [4.69, 9.17) is 9.47 Å². The number of aromatic nitrogens is 3. The largest absolute Gasteiger partial charge is 0.454 e. The predicted molar refractivity (Wildman–Crippen MR) is 103 cm³/mol. The number of hydrogen-bond donors (Lipinski definition) is 2. The second-order valence-electron chi connectivity index (χ2n) is 5.27. The Labute approximate surface area is 171 Å². The van der Waals surface area contributed by atoms with Gasteiger partial charge < -0.3 is 24.8 Å². The minimum Gasteiger partial charge on any atom is -0.454 e. The third-order valence-corrected chi connectivity index (χ3v) is 3.66. The number of ether oxygens (including phenoxy) is 3. The lowest BCUT2D eigenvalue weighted by Crippen LogP contribution is -2.37. The lowest BCUT2D eigenvalue weighted by atomic mass is 10.1. The first-order valence-electron chi connectivity index (χ1n) is 7.71. The van der Waals surface area contributed by atoms with Crippen LogP contribution in [-0.2, 0) is 20.1 Å². The third-order valence-electron chi connectivity index (χ3n) is 3.66. The highest BCUT2D eigenvalue weighted by atomic mass is 127. The molecule has 2 N–H and O–H groups in total. The van der Waals surface area contributed by atoms with E-state index >= 15 is 0 Å². The van der Waals surface area contributed by atoms with E-state index in [0.29, 0.717) is 29.6 Å². The summed E-state index contributed by atoms with van der Waals surface area (Å²) in [6.45, 7) is -2.31. The van der Waals surface area contributed by atoms with E-state index in [9.17, 15) is 8.78 Å². The quantitative estimate of drug-likeness (QED) is 0.357. The van der Waals surface area contributed by atoms with Crippen LogP contribution in [0, 0.1) is 0 Å². The molecule has 0 spiro atoms. The molecule has 9 nitrogen and oxygen atoms in total. The second kappa shape index (κ2) is 9.53. The summed E-state index contributed by atoms with van der Waals surface area (Å²) in [7, 11) is 3.38. The summed E-state index contributed by atoms with van der Waals surface area (Å²) in [5.74, 6) is 2.05. The smallest absolute Gasteiger partial charge is 0.387 e. The molecule has 0 radical (unpaired) electrons. The molecule has 0 atom stereocenters. The van der Waals surface area contributed by atoms with Gasteiger partial charge in [0.15, 0.2) is 17.5 Å². The van der Waals surface area contributed by atoms with Gasteiger partial charge in [-0.05, 0) is 6.07 Å². The summed E-state index contributed by atoms with van der Waals surface area (Å²) in [5, 5.41) is 10.1. The van der Waals surface area contributed by atoms with Crippen molar-refractivity contribution < 1.29 is 23.0 Å². The Morgan fingerprint density at radius 3 is 2.63 bits per heavy atom. The molecular weight excluding hydrogens is 477 g/mol. The van der Waals surface area contributed by atoms with Crippen LogP contribution in [0.3, 0.4) is 0 Å². The summed E-state index contributed by atoms with van der Waals surface area (Å²) in [4.78, 5) is 8.19. The fourth-order valence-corrected chi connectivity index (χ4v) is 2.35. The number of aryl methyl sites for hydroxylation is 1. The molecular formula is C15H19F2IN6O3. The van der Waals surface area contributed by atoms with Crippen LogP contribution in [0.25, 0.3) is 0 Å². The van der Waals surface area contributed by atoms with Crippen LogP contribution in [0.1, 0.15) is 11.4 Å². The Morgan fingerprint density at radius 2 is 2.00 bits per heavy atom. The zero-order valence-electron chi connectivity index (χ0n) is 14.6. The molecule has 2 aromatic rings. The molecule has 0 fully saturated rings. The van der Waals surface area contributed by atoms with Gasteiger partial charge in [-0.3, -0.25) is 9.67 Å². The van der Waals surface area contributed by atoms with Crippen LogP contribution >= 0.6 is 24.0 Å². The van der Waals surface area contributed by atoms with E-state index in [1.165, 1.54) is 12.4 Å². The monoisotopic (exact) mass is 496 g/mol. The van der Waals surface area contributed by atoms with Crippen LogP contribution < -0.4 is 24.8 Å². The number of alkyl halides is 2. The normalized spacial score (nSPS) is 12.7. The number of fused-ring (bicyclic) bond motifs is 1. The Balaban J connectivity index is 0.00000261. The first-order chi connectivity index (χ1) is 12.6. The number of halogens is 3. The average molecular weight is 496 g/mol. The van der Waals surface area contributed by atoms with Gasteiger partial charge in [0.25, 0.3) is 0 Å². The Hall–Kier alpha value is -2.38. The van der Waals surface area contributed by atoms with E-state index in [2.05, 4.69) is 30.4 Å². The maximum absolute atomic E-state index is 12.7. The second-order valence-corrected chi connectivity index (χ2v) is 5.27. The third kappa shape index (κ3) is 5.30. The van der Waals surface area contributed by atoms with Gasteiger partial charge in [0, 0.05) is 32.3 Å². The molecule has 0 saturated carbocycles. The summed E-state index contributed by atoms with van der Waals surface area (Å²) < 4.78 is 42.0. The van der Waals surface area contributed by atoms with Gasteiger partial charge >= 0.3 is 6.61 Å². The molecule has 1 aromatic heterocycles. The van der Waals surface area contributed by atoms with Gasteiger partial charge in [-0.15, -0.1) is 24.0 Å². The summed E-state index contributed by atoms with van der Waals surface area (Å²) in [6, 6.07) is 2.99. The van der Waals surface area contributed by atoms with Gasteiger partial charge in [-0.25, -0.2) is 4.98 Å². The first-order valence-corrected chi connectivity index (χ1v) is 7.71. The van der Waals surface area contributed by atoms with E-state index in [-0.39, 0.29) is 43.1 Å². The van der Waals surface area contributed by atoms with Gasteiger partial charge in [0.2, 0.25) is 6.79 Å². The van der Waals surface area contributed by atoms with Crippen molar-refractivity contribution in [2.75, 3.05) is 13.8 Å². The van der Waals surface area contributed by atoms with Crippen molar-refractivity contribution in [1.29, 1.82) is 0 Å². The number of benzene rings is 1. The van der Waals surface area contributed by atoms with Crippen molar-refractivity contribution in [2.24, 2.45) is 12.0 Å². The van der Waals surface area contributed by atoms with Gasteiger partial charge in [-0.2, -0.15) is 13.9 Å². The summed E-state index contributed by atoms with van der Waals surface area (Å²) in [5.41, 5.74) is 0.483. The van der Waals surface area contributed by atoms with Crippen LogP contribution in [0.2, 0.25) is 0 Å². The fraction of sp³-hybridized carbons (Fsp3) is 0.400. The van der Waals surface area contributed by atoms with Gasteiger partial charge in [0.1, 0.15) is 17.9 Å². The standard InChI is InChI=1S/C15H18F2N6O3.HI/c1-18-15(20-6-13-21-7-22-23(13)2)19-5-9-3-11-12(25-8-24-11)4-10(9)26-14(16)17;/h3-4,7,14H,5-6,8H2,1-2H3,(H2,18,19,20);1H. The van der Waals surface area contributed by atoms with Crippen molar-refractivity contribution >= 4 is 29.9 Å². The molecule has 1 aromatic carbocycles. The molecule has 27 heavy (non-hydrogen) atoms. The molecule has 0 aliphatic carbocycles. The zero-order chi connectivity index (χ0) is 18.5. The van der Waals surface area contributed by atoms with E-state index in [0.717, 1.165) is 5.82 Å². The Kier molecular flexibility index (Phi) is 7.38. The van der Waals surface area contributed by atoms with Crippen molar-refractivity contribution in [3.05, 3.63) is 29.8 Å². The summed E-state index contributed by atoms with van der Waals surface area (Å²) in [6.07, 6.45) is 1.45. The molecule has 3 rings (SSSR count). The minimum atomic E-state index is -2.94. The van der Waals surface area contributed by atoms with Crippen molar-refractivity contribution in [3.8, 4) is 17.2 Å². The van der Waals surface area contributed by atoms with E-state index in [1.807, 2.05) is 0 Å².